The SMILES string of the molecule is C[C@@H]1CN2c3c(cc4c(N5C[C@H](C)SC5=O)noc4c3C#N)CC3(C(=O)NC(=O)NC3=O)[C@H]2[C@H](C)O1. The number of aromatic nitrogens is 1. The molecule has 0 bridgehead atoms. The Morgan fingerprint density at radius 1 is 1.17 bits per heavy atom. The van der Waals surface area contributed by atoms with E-state index in [1.54, 1.807) is 13.0 Å². The lowest BCUT2D eigenvalue weighted by atomic mass is 9.66. The van der Waals surface area contributed by atoms with E-state index in [0.29, 0.717) is 35.5 Å². The zero-order valence-corrected chi connectivity index (χ0v) is 20.5. The van der Waals surface area contributed by atoms with Crippen LogP contribution in [-0.4, -0.2) is 64.8 Å². The summed E-state index contributed by atoms with van der Waals surface area (Å²) in [7, 11) is 0. The van der Waals surface area contributed by atoms with Crippen LogP contribution in [0.15, 0.2) is 10.6 Å². The largest absolute Gasteiger partial charge is 0.372 e. The van der Waals surface area contributed by atoms with Crippen LogP contribution in [0.1, 0.15) is 31.9 Å². The molecule has 3 fully saturated rings. The van der Waals surface area contributed by atoms with Gasteiger partial charge in [-0.25, -0.2) is 4.79 Å². The number of hydrogen-bond acceptors (Lipinski definition) is 10. The van der Waals surface area contributed by atoms with Crippen LogP contribution in [0.4, 0.5) is 21.1 Å². The number of fused-ring (bicyclic) bond motifs is 5. The number of ether oxygens (including phenoxy) is 1. The van der Waals surface area contributed by atoms with Gasteiger partial charge in [-0.15, -0.1) is 0 Å². The van der Waals surface area contributed by atoms with E-state index in [2.05, 4.69) is 21.9 Å². The number of nitrogens with one attached hydrogen (secondary N) is 2. The molecule has 12 nitrogen and oxygen atoms in total. The number of carbonyl (C=O) groups is 4. The Labute approximate surface area is 209 Å². The fourth-order valence-electron chi connectivity index (χ4n) is 6.07. The molecule has 5 heterocycles. The zero-order chi connectivity index (χ0) is 25.5. The summed E-state index contributed by atoms with van der Waals surface area (Å²) in [5.74, 6) is -1.14. The fourth-order valence-corrected chi connectivity index (χ4v) is 6.93. The van der Waals surface area contributed by atoms with Crippen LogP contribution >= 0.6 is 11.8 Å². The van der Waals surface area contributed by atoms with Crippen molar-refractivity contribution in [1.82, 2.24) is 15.8 Å². The summed E-state index contributed by atoms with van der Waals surface area (Å²) < 4.78 is 11.6. The van der Waals surface area contributed by atoms with Crippen molar-refractivity contribution < 1.29 is 28.4 Å². The minimum absolute atomic E-state index is 0.0600. The average molecular weight is 511 g/mol. The molecule has 0 radical (unpaired) electrons. The normalized spacial score (nSPS) is 29.2. The first-order valence-electron chi connectivity index (χ1n) is 11.6. The summed E-state index contributed by atoms with van der Waals surface area (Å²) in [6.07, 6.45) is -0.908. The van der Waals surface area contributed by atoms with Crippen molar-refractivity contribution in [2.75, 3.05) is 22.9 Å². The summed E-state index contributed by atoms with van der Waals surface area (Å²) in [5.41, 5.74) is -0.141. The minimum atomic E-state index is -1.67. The summed E-state index contributed by atoms with van der Waals surface area (Å²) in [4.78, 5) is 54.6. The molecule has 5 amide bonds. The van der Waals surface area contributed by atoms with Gasteiger partial charge in [0.2, 0.25) is 11.8 Å². The number of morpholine rings is 1. The molecular formula is C23H22N6O6S. The number of thioether (sulfide) groups is 1. The molecule has 4 aliphatic rings. The maximum absolute atomic E-state index is 13.4. The number of barbiturate groups is 1. The van der Waals surface area contributed by atoms with Gasteiger partial charge in [-0.3, -0.25) is 29.9 Å². The topological polar surface area (TPSA) is 158 Å². The Kier molecular flexibility index (Phi) is 4.87. The van der Waals surface area contributed by atoms with Crippen LogP contribution in [0.3, 0.4) is 0 Å². The maximum atomic E-state index is 13.4. The van der Waals surface area contributed by atoms with E-state index in [-0.39, 0.29) is 34.2 Å². The van der Waals surface area contributed by atoms with E-state index in [1.165, 1.54) is 16.7 Å². The Hall–Kier alpha value is -3.63. The Balaban J connectivity index is 1.60. The number of carbonyl (C=O) groups excluding carboxylic acids is 4. The molecule has 4 atom stereocenters. The Morgan fingerprint density at radius 3 is 2.53 bits per heavy atom. The second-order valence-corrected chi connectivity index (χ2v) is 11.1. The lowest BCUT2D eigenvalue weighted by Crippen LogP contribution is -2.75. The first-order chi connectivity index (χ1) is 17.1. The molecule has 0 unspecified atom stereocenters. The first kappa shape index (κ1) is 22.8. The molecule has 36 heavy (non-hydrogen) atoms. The lowest BCUT2D eigenvalue weighted by Gasteiger charge is -2.55. The molecule has 186 valence electrons. The second kappa shape index (κ2) is 7.68. The van der Waals surface area contributed by atoms with Crippen molar-refractivity contribution in [2.45, 2.75) is 50.7 Å². The second-order valence-electron chi connectivity index (χ2n) is 9.69. The molecule has 1 aromatic carbocycles. The van der Waals surface area contributed by atoms with Crippen molar-refractivity contribution in [2.24, 2.45) is 5.41 Å². The van der Waals surface area contributed by atoms with Crippen molar-refractivity contribution in [1.29, 1.82) is 5.26 Å². The molecule has 2 aromatic rings. The van der Waals surface area contributed by atoms with E-state index in [9.17, 15) is 24.4 Å². The van der Waals surface area contributed by atoms with Crippen LogP contribution in [0.5, 0.6) is 0 Å². The van der Waals surface area contributed by atoms with Gasteiger partial charge in [0.25, 0.3) is 5.24 Å². The number of amides is 5. The van der Waals surface area contributed by atoms with Gasteiger partial charge in [-0.2, -0.15) is 5.26 Å². The molecule has 13 heteroatoms. The van der Waals surface area contributed by atoms with Gasteiger partial charge in [0.15, 0.2) is 16.8 Å². The van der Waals surface area contributed by atoms with E-state index in [0.717, 1.165) is 0 Å². The third-order valence-electron chi connectivity index (χ3n) is 7.33. The van der Waals surface area contributed by atoms with Crippen LogP contribution in [0.25, 0.3) is 11.0 Å². The van der Waals surface area contributed by atoms with Crippen molar-refractivity contribution in [3.05, 3.63) is 17.2 Å². The summed E-state index contributed by atoms with van der Waals surface area (Å²) >= 11 is 1.19. The van der Waals surface area contributed by atoms with Crippen molar-refractivity contribution in [3.63, 3.8) is 0 Å². The Morgan fingerprint density at radius 2 is 1.89 bits per heavy atom. The third kappa shape index (κ3) is 2.94. The van der Waals surface area contributed by atoms with Gasteiger partial charge in [-0.05, 0) is 31.9 Å². The number of rotatable bonds is 1. The molecule has 1 aromatic heterocycles. The van der Waals surface area contributed by atoms with Gasteiger partial charge in [0.1, 0.15) is 11.6 Å². The summed E-state index contributed by atoms with van der Waals surface area (Å²) in [6.45, 7) is 6.30. The van der Waals surface area contributed by atoms with Gasteiger partial charge in [-0.1, -0.05) is 23.8 Å². The van der Waals surface area contributed by atoms with Crippen LogP contribution < -0.4 is 20.4 Å². The first-order valence-corrected chi connectivity index (χ1v) is 12.5. The van der Waals surface area contributed by atoms with E-state index in [4.69, 9.17) is 9.26 Å². The number of nitriles is 1. The number of imide groups is 2. The zero-order valence-electron chi connectivity index (χ0n) is 19.7. The highest BCUT2D eigenvalue weighted by molar-refractivity contribution is 8.14. The molecule has 1 spiro atoms. The van der Waals surface area contributed by atoms with Crippen molar-refractivity contribution >= 4 is 57.3 Å². The summed E-state index contributed by atoms with van der Waals surface area (Å²) in [6, 6.07) is 2.31. The van der Waals surface area contributed by atoms with E-state index >= 15 is 0 Å². The number of urea groups is 1. The summed E-state index contributed by atoms with van der Waals surface area (Å²) in [5, 5.41) is 19.2. The number of anilines is 2. The van der Waals surface area contributed by atoms with Crippen molar-refractivity contribution in [3.8, 4) is 6.07 Å². The fraction of sp³-hybridized carbons (Fsp3) is 0.478. The monoisotopic (exact) mass is 510 g/mol. The van der Waals surface area contributed by atoms with Gasteiger partial charge < -0.3 is 14.2 Å². The van der Waals surface area contributed by atoms with Gasteiger partial charge >= 0.3 is 6.03 Å². The molecule has 4 aliphatic heterocycles. The highest BCUT2D eigenvalue weighted by Gasteiger charge is 2.63. The lowest BCUT2D eigenvalue weighted by molar-refractivity contribution is -0.153. The molecule has 0 saturated carbocycles. The van der Waals surface area contributed by atoms with Crippen LogP contribution in [-0.2, 0) is 20.7 Å². The predicted octanol–water partition coefficient (Wildman–Crippen LogP) is 1.65. The Bertz CT molecular complexity index is 1390. The van der Waals surface area contributed by atoms with E-state index in [1.807, 2.05) is 18.7 Å². The molecule has 2 N–H and O–H groups in total. The predicted molar refractivity (Wildman–Crippen MR) is 127 cm³/mol. The van der Waals surface area contributed by atoms with Gasteiger partial charge in [0.05, 0.1) is 29.3 Å². The standard InChI is InChI=1S/C23H22N6O6S/c1-9-7-28-15-12(5-23(17(28)11(3)34-9)19(30)25-21(32)26-20(23)31)4-13-16(14(15)6-24)35-27-18(13)29-8-10(2)36-22(29)33/h4,9-11,17H,5,7-8H2,1-3H3,(H2,25,26,30,31,32)/t9-,10+,11+,17-/m1/s1. The molecule has 3 saturated heterocycles. The molecule has 6 rings (SSSR count). The third-order valence-corrected chi connectivity index (χ3v) is 8.31. The highest BCUT2D eigenvalue weighted by atomic mass is 32.2. The molecule has 0 aliphatic carbocycles. The smallest absolute Gasteiger partial charge is 0.328 e. The number of benzene rings is 1. The van der Waals surface area contributed by atoms with E-state index < -0.39 is 35.4 Å². The minimum Gasteiger partial charge on any atom is -0.372 e. The van der Waals surface area contributed by atoms with Crippen LogP contribution in [0, 0.1) is 16.7 Å². The maximum Gasteiger partial charge on any atom is 0.328 e. The highest BCUT2D eigenvalue weighted by Crippen LogP contribution is 2.50. The number of nitrogens with zero attached hydrogens (tertiary/aromatic N) is 4. The number of hydrogen-bond donors (Lipinski definition) is 2. The van der Waals surface area contributed by atoms with Crippen LogP contribution in [0.2, 0.25) is 0 Å². The van der Waals surface area contributed by atoms with Gasteiger partial charge in [0, 0.05) is 18.3 Å². The quantitative estimate of drug-likeness (QED) is 0.540. The molecular weight excluding hydrogens is 488 g/mol. The average Bonchev–Trinajstić information content (AvgIpc) is 3.36.